The molecule has 0 atom stereocenters. The van der Waals surface area contributed by atoms with Gasteiger partial charge in [-0.05, 0) is 24.1 Å². The fraction of sp³-hybridized carbons (Fsp3) is 0.250. The lowest BCUT2D eigenvalue weighted by Crippen LogP contribution is -1.82. The van der Waals surface area contributed by atoms with Crippen molar-refractivity contribution in [1.82, 2.24) is 0 Å². The van der Waals surface area contributed by atoms with Crippen LogP contribution in [0.5, 0.6) is 0 Å². The minimum absolute atomic E-state index is 1.19. The van der Waals surface area contributed by atoms with Crippen LogP contribution in [0.2, 0.25) is 0 Å². The molecule has 0 fully saturated rings. The maximum absolute atomic E-state index is 2.20. The summed E-state index contributed by atoms with van der Waals surface area (Å²) in [6.07, 6.45) is 0. The topological polar surface area (TPSA) is 0 Å². The number of benzene rings is 1. The Labute approximate surface area is 68.8 Å². The molecule has 0 spiro atoms. The van der Waals surface area contributed by atoms with Crippen molar-refractivity contribution in [3.05, 3.63) is 29.3 Å². The third kappa shape index (κ3) is 0.956. The monoisotopic (exact) mass is 168 g/mol. The second kappa shape index (κ2) is 2.51. The first-order chi connectivity index (χ1) is 4.88. The predicted octanol–water partition coefficient (Wildman–Crippen LogP) is 3.25. The van der Waals surface area contributed by atoms with Crippen LogP contribution in [0.15, 0.2) is 23.1 Å². The van der Waals surface area contributed by atoms with Crippen molar-refractivity contribution in [3.8, 4) is 0 Å². The van der Waals surface area contributed by atoms with E-state index in [0.29, 0.717) is 0 Å². The van der Waals surface area contributed by atoms with Crippen molar-refractivity contribution in [2.75, 3.05) is 0 Å². The van der Waals surface area contributed by atoms with E-state index >= 15 is 0 Å². The van der Waals surface area contributed by atoms with E-state index in [2.05, 4.69) is 25.1 Å². The first-order valence-electron chi connectivity index (χ1n) is 3.26. The van der Waals surface area contributed by atoms with Gasteiger partial charge in [-0.3, -0.25) is 0 Å². The first-order valence-corrected chi connectivity index (χ1v) is 5.58. The third-order valence-electron chi connectivity index (χ3n) is 1.72. The summed E-state index contributed by atoms with van der Waals surface area (Å²) in [5, 5.41) is 0. The molecule has 1 aliphatic heterocycles. The summed E-state index contributed by atoms with van der Waals surface area (Å²) in [6, 6.07) is 6.52. The van der Waals surface area contributed by atoms with Crippen LogP contribution in [0.1, 0.15) is 11.1 Å². The zero-order chi connectivity index (χ0) is 6.97. The van der Waals surface area contributed by atoms with Gasteiger partial charge < -0.3 is 0 Å². The molecule has 0 aliphatic carbocycles. The molecule has 2 heteroatoms. The van der Waals surface area contributed by atoms with Gasteiger partial charge in [-0.25, -0.2) is 0 Å². The third-order valence-corrected chi connectivity index (χ3v) is 4.05. The first kappa shape index (κ1) is 6.62. The minimum atomic E-state index is 1.19. The van der Waals surface area contributed by atoms with E-state index in [9.17, 15) is 0 Å². The van der Waals surface area contributed by atoms with Gasteiger partial charge >= 0.3 is 0 Å². The maximum Gasteiger partial charge on any atom is 0.0306 e. The van der Waals surface area contributed by atoms with Gasteiger partial charge in [-0.1, -0.05) is 33.7 Å². The van der Waals surface area contributed by atoms with E-state index in [1.807, 2.05) is 21.6 Å². The molecule has 0 amide bonds. The Morgan fingerprint density at radius 1 is 1.40 bits per heavy atom. The summed E-state index contributed by atoms with van der Waals surface area (Å²) in [4.78, 5) is 1.46. The van der Waals surface area contributed by atoms with E-state index in [4.69, 9.17) is 0 Å². The molecule has 0 aromatic heterocycles. The molecule has 1 aromatic carbocycles. The molecule has 52 valence electrons. The summed E-state index contributed by atoms with van der Waals surface area (Å²) in [5.41, 5.74) is 2.98. The van der Waals surface area contributed by atoms with Crippen LogP contribution in [0.4, 0.5) is 0 Å². The van der Waals surface area contributed by atoms with Gasteiger partial charge in [0.15, 0.2) is 0 Å². The molecule has 1 heterocycles. The van der Waals surface area contributed by atoms with Crippen LogP contribution in [0.25, 0.3) is 0 Å². The number of aryl methyl sites for hydroxylation is 1. The number of hydrogen-bond acceptors (Lipinski definition) is 2. The summed E-state index contributed by atoms with van der Waals surface area (Å²) in [6.45, 7) is 2.19. The van der Waals surface area contributed by atoms with Crippen molar-refractivity contribution >= 4 is 21.6 Å². The van der Waals surface area contributed by atoms with Crippen LogP contribution in [0, 0.1) is 6.92 Å². The molecule has 0 N–H and O–H groups in total. The van der Waals surface area contributed by atoms with Crippen molar-refractivity contribution in [3.63, 3.8) is 0 Å². The van der Waals surface area contributed by atoms with Gasteiger partial charge in [0.1, 0.15) is 0 Å². The lowest BCUT2D eigenvalue weighted by atomic mass is 10.1. The standard InChI is InChI=1S/C8H8S2/c1-6-3-2-4-8-7(6)5-9-10-8/h2-4H,5H2,1H3. The van der Waals surface area contributed by atoms with Gasteiger partial charge in [0, 0.05) is 10.6 Å². The molecule has 1 aliphatic rings. The SMILES string of the molecule is Cc1cccc2c1CSS2. The second-order valence-corrected chi connectivity index (χ2v) is 4.74. The molecule has 10 heavy (non-hydrogen) atoms. The van der Waals surface area contributed by atoms with E-state index in [-0.39, 0.29) is 0 Å². The highest BCUT2D eigenvalue weighted by atomic mass is 33.1. The lowest BCUT2D eigenvalue weighted by Gasteiger charge is -1.98. The maximum atomic E-state index is 2.20. The molecule has 1 aromatic rings. The Kier molecular flexibility index (Phi) is 1.66. The normalized spacial score (nSPS) is 15.3. The quantitative estimate of drug-likeness (QED) is 0.545. The van der Waals surface area contributed by atoms with E-state index < -0.39 is 0 Å². The summed E-state index contributed by atoms with van der Waals surface area (Å²) in [5.74, 6) is 1.19. The molecular weight excluding hydrogens is 160 g/mol. The molecule has 0 radical (unpaired) electrons. The van der Waals surface area contributed by atoms with Crippen LogP contribution in [0.3, 0.4) is 0 Å². The van der Waals surface area contributed by atoms with E-state index in [1.165, 1.54) is 21.8 Å². The average Bonchev–Trinajstić information content (AvgIpc) is 2.36. The molecule has 0 bridgehead atoms. The van der Waals surface area contributed by atoms with Crippen LogP contribution < -0.4 is 0 Å². The van der Waals surface area contributed by atoms with Gasteiger partial charge in [0.25, 0.3) is 0 Å². The summed E-state index contributed by atoms with van der Waals surface area (Å²) >= 11 is 0. The predicted molar refractivity (Wildman–Crippen MR) is 48.3 cm³/mol. The van der Waals surface area contributed by atoms with E-state index in [1.54, 1.807) is 0 Å². The highest BCUT2D eigenvalue weighted by Gasteiger charge is 2.12. The van der Waals surface area contributed by atoms with Crippen LogP contribution in [-0.2, 0) is 5.75 Å². The minimum Gasteiger partial charge on any atom is -0.0841 e. The fourth-order valence-corrected chi connectivity index (χ4v) is 3.72. The molecular formula is C8H8S2. The highest BCUT2D eigenvalue weighted by molar-refractivity contribution is 8.76. The van der Waals surface area contributed by atoms with Crippen molar-refractivity contribution in [2.45, 2.75) is 17.6 Å². The molecule has 0 nitrogen and oxygen atoms in total. The number of fused-ring (bicyclic) bond motifs is 1. The van der Waals surface area contributed by atoms with Gasteiger partial charge in [0.2, 0.25) is 0 Å². The Hall–Kier alpha value is -0.0800. The molecule has 0 saturated heterocycles. The Balaban J connectivity index is 2.59. The Morgan fingerprint density at radius 3 is 3.10 bits per heavy atom. The largest absolute Gasteiger partial charge is 0.0841 e. The van der Waals surface area contributed by atoms with Crippen molar-refractivity contribution < 1.29 is 0 Å². The van der Waals surface area contributed by atoms with Crippen molar-refractivity contribution in [1.29, 1.82) is 0 Å². The van der Waals surface area contributed by atoms with Crippen LogP contribution >= 0.6 is 21.6 Å². The molecule has 2 rings (SSSR count). The zero-order valence-corrected chi connectivity index (χ0v) is 7.39. The highest BCUT2D eigenvalue weighted by Crippen LogP contribution is 2.44. The van der Waals surface area contributed by atoms with Gasteiger partial charge in [-0.2, -0.15) is 0 Å². The summed E-state index contributed by atoms with van der Waals surface area (Å²) in [7, 11) is 3.83. The van der Waals surface area contributed by atoms with Crippen LogP contribution in [-0.4, -0.2) is 0 Å². The number of hydrogen-bond donors (Lipinski definition) is 0. The Morgan fingerprint density at radius 2 is 2.30 bits per heavy atom. The summed E-state index contributed by atoms with van der Waals surface area (Å²) < 4.78 is 0. The Bertz CT molecular complexity index is 255. The van der Waals surface area contributed by atoms with Crippen molar-refractivity contribution in [2.24, 2.45) is 0 Å². The fourth-order valence-electron chi connectivity index (χ4n) is 1.09. The lowest BCUT2D eigenvalue weighted by molar-refractivity contribution is 1.22. The average molecular weight is 168 g/mol. The molecule has 0 saturated carbocycles. The molecule has 0 unspecified atom stereocenters. The van der Waals surface area contributed by atoms with Gasteiger partial charge in [-0.15, -0.1) is 0 Å². The second-order valence-electron chi connectivity index (χ2n) is 2.40. The zero-order valence-electron chi connectivity index (χ0n) is 5.76. The van der Waals surface area contributed by atoms with Gasteiger partial charge in [0.05, 0.1) is 0 Å². The smallest absolute Gasteiger partial charge is 0.0306 e. The van der Waals surface area contributed by atoms with E-state index in [0.717, 1.165) is 0 Å². The number of rotatable bonds is 0.